The molecule has 0 aliphatic carbocycles. The maximum Gasteiger partial charge on any atom is 0.241 e. The minimum absolute atomic E-state index is 0.0708. The van der Waals surface area contributed by atoms with E-state index in [2.05, 4.69) is 46.3 Å². The maximum atomic E-state index is 12.6. The van der Waals surface area contributed by atoms with Crippen molar-refractivity contribution in [3.63, 3.8) is 0 Å². The molecule has 4 nitrogen and oxygen atoms in total. The first-order valence-corrected chi connectivity index (χ1v) is 9.52. The van der Waals surface area contributed by atoms with Gasteiger partial charge in [-0.2, -0.15) is 0 Å². The Labute approximate surface area is 164 Å². The molecule has 1 amide bonds. The number of nitrogens with zero attached hydrogens (tertiary/aromatic N) is 2. The van der Waals surface area contributed by atoms with E-state index in [-0.39, 0.29) is 11.9 Å². The smallest absolute Gasteiger partial charge is 0.241 e. The summed E-state index contributed by atoms with van der Waals surface area (Å²) in [6.07, 6.45) is 0. The highest BCUT2D eigenvalue weighted by Gasteiger charge is 2.26. The highest BCUT2D eigenvalue weighted by atomic mass is 35.5. The van der Waals surface area contributed by atoms with Gasteiger partial charge in [0.05, 0.1) is 16.8 Å². The predicted molar refractivity (Wildman–Crippen MR) is 110 cm³/mol. The average Bonchev–Trinajstić information content (AvgIpc) is 2.64. The van der Waals surface area contributed by atoms with E-state index in [0.29, 0.717) is 15.7 Å². The normalized spacial score (nSPS) is 16.4. The first-order valence-electron chi connectivity index (χ1n) is 8.76. The maximum absolute atomic E-state index is 12.6. The minimum Gasteiger partial charge on any atom is -0.369 e. The molecule has 138 valence electrons. The fourth-order valence-corrected chi connectivity index (χ4v) is 3.60. The summed E-state index contributed by atoms with van der Waals surface area (Å²) in [6.45, 7) is 7.54. The van der Waals surface area contributed by atoms with Crippen LogP contribution in [0.5, 0.6) is 0 Å². The Balaban J connectivity index is 1.59. The number of benzene rings is 2. The van der Waals surface area contributed by atoms with E-state index in [1.807, 2.05) is 6.92 Å². The van der Waals surface area contributed by atoms with Gasteiger partial charge in [0.15, 0.2) is 0 Å². The summed E-state index contributed by atoms with van der Waals surface area (Å²) in [5.74, 6) is -0.0708. The minimum atomic E-state index is -0.232. The highest BCUT2D eigenvalue weighted by Crippen LogP contribution is 2.26. The SMILES string of the molecule is Cc1ccccc1N1CCN([C@@H](C)C(=O)Nc2cc(Cl)ccc2Cl)CC1. The molecule has 0 aromatic heterocycles. The molecule has 1 N–H and O–H groups in total. The number of hydrogen-bond donors (Lipinski definition) is 1. The molecule has 0 spiro atoms. The van der Waals surface area contributed by atoms with Crippen LogP contribution in [0.4, 0.5) is 11.4 Å². The lowest BCUT2D eigenvalue weighted by molar-refractivity contribution is -0.120. The van der Waals surface area contributed by atoms with Crippen LogP contribution in [0.15, 0.2) is 42.5 Å². The second kappa shape index (κ2) is 8.30. The molecule has 1 atom stereocenters. The van der Waals surface area contributed by atoms with Crippen molar-refractivity contribution >= 4 is 40.5 Å². The number of carbonyl (C=O) groups is 1. The van der Waals surface area contributed by atoms with Gasteiger partial charge in [-0.15, -0.1) is 0 Å². The van der Waals surface area contributed by atoms with Crippen LogP contribution in [0.2, 0.25) is 10.0 Å². The Morgan fingerprint density at radius 2 is 1.77 bits per heavy atom. The third-order valence-corrected chi connectivity index (χ3v) is 5.45. The quantitative estimate of drug-likeness (QED) is 0.835. The zero-order chi connectivity index (χ0) is 18.7. The van der Waals surface area contributed by atoms with Crippen molar-refractivity contribution in [1.82, 2.24) is 4.90 Å². The molecule has 1 fully saturated rings. The van der Waals surface area contributed by atoms with Crippen molar-refractivity contribution in [1.29, 1.82) is 0 Å². The third-order valence-electron chi connectivity index (χ3n) is 4.88. The third kappa shape index (κ3) is 4.32. The predicted octanol–water partition coefficient (Wildman–Crippen LogP) is 4.45. The number of aryl methyl sites for hydroxylation is 1. The molecule has 6 heteroatoms. The van der Waals surface area contributed by atoms with Crippen LogP contribution in [-0.2, 0) is 4.79 Å². The molecule has 1 saturated heterocycles. The first-order chi connectivity index (χ1) is 12.5. The molecule has 1 aliphatic rings. The molecule has 3 rings (SSSR count). The summed E-state index contributed by atoms with van der Waals surface area (Å²) >= 11 is 12.1. The van der Waals surface area contributed by atoms with E-state index in [1.165, 1.54) is 11.3 Å². The Morgan fingerprint density at radius 3 is 2.46 bits per heavy atom. The monoisotopic (exact) mass is 391 g/mol. The van der Waals surface area contributed by atoms with Gasteiger partial charge in [-0.1, -0.05) is 41.4 Å². The molecule has 26 heavy (non-hydrogen) atoms. The van der Waals surface area contributed by atoms with Gasteiger partial charge in [-0.3, -0.25) is 9.69 Å². The van der Waals surface area contributed by atoms with Crippen molar-refractivity contribution in [3.8, 4) is 0 Å². The van der Waals surface area contributed by atoms with Crippen molar-refractivity contribution in [2.75, 3.05) is 36.4 Å². The Hall–Kier alpha value is -1.75. The van der Waals surface area contributed by atoms with Gasteiger partial charge >= 0.3 is 0 Å². The number of para-hydroxylation sites is 1. The van der Waals surface area contributed by atoms with Crippen molar-refractivity contribution < 1.29 is 4.79 Å². The molecular weight excluding hydrogens is 369 g/mol. The molecule has 0 saturated carbocycles. The molecule has 1 aliphatic heterocycles. The zero-order valence-electron chi connectivity index (χ0n) is 15.0. The number of piperazine rings is 1. The summed E-state index contributed by atoms with van der Waals surface area (Å²) in [6, 6.07) is 13.2. The van der Waals surface area contributed by atoms with Gasteiger partial charge < -0.3 is 10.2 Å². The van der Waals surface area contributed by atoms with Crippen LogP contribution < -0.4 is 10.2 Å². The molecule has 0 radical (unpaired) electrons. The Kier molecular flexibility index (Phi) is 6.07. The number of halogens is 2. The number of amides is 1. The average molecular weight is 392 g/mol. The van der Waals surface area contributed by atoms with Crippen LogP contribution >= 0.6 is 23.2 Å². The summed E-state index contributed by atoms with van der Waals surface area (Å²) in [5.41, 5.74) is 3.10. The van der Waals surface area contributed by atoms with Gasteiger partial charge in [0, 0.05) is 36.9 Å². The molecule has 0 bridgehead atoms. The lowest BCUT2D eigenvalue weighted by Crippen LogP contribution is -2.53. The van der Waals surface area contributed by atoms with Gasteiger partial charge in [0.25, 0.3) is 0 Å². The van der Waals surface area contributed by atoms with Gasteiger partial charge in [-0.05, 0) is 43.7 Å². The lowest BCUT2D eigenvalue weighted by atomic mass is 10.1. The zero-order valence-corrected chi connectivity index (χ0v) is 16.5. The largest absolute Gasteiger partial charge is 0.369 e. The number of carbonyl (C=O) groups excluding carboxylic acids is 1. The van der Waals surface area contributed by atoms with Crippen molar-refractivity contribution in [2.24, 2.45) is 0 Å². The van der Waals surface area contributed by atoms with Crippen LogP contribution in [-0.4, -0.2) is 43.0 Å². The van der Waals surface area contributed by atoms with Crippen LogP contribution in [0, 0.1) is 6.92 Å². The van der Waals surface area contributed by atoms with Gasteiger partial charge in [0.2, 0.25) is 5.91 Å². The van der Waals surface area contributed by atoms with E-state index in [4.69, 9.17) is 23.2 Å². The van der Waals surface area contributed by atoms with Crippen LogP contribution in [0.3, 0.4) is 0 Å². The van der Waals surface area contributed by atoms with Crippen molar-refractivity contribution in [3.05, 3.63) is 58.1 Å². The highest BCUT2D eigenvalue weighted by molar-refractivity contribution is 6.35. The van der Waals surface area contributed by atoms with Crippen molar-refractivity contribution in [2.45, 2.75) is 19.9 Å². The van der Waals surface area contributed by atoms with Crippen LogP contribution in [0.25, 0.3) is 0 Å². The standard InChI is InChI=1S/C20H23Cl2N3O/c1-14-5-3-4-6-19(14)25-11-9-24(10-12-25)15(2)20(26)23-18-13-16(21)7-8-17(18)22/h3-8,13,15H,9-12H2,1-2H3,(H,23,26)/t15-/m0/s1. The van der Waals surface area contributed by atoms with E-state index in [0.717, 1.165) is 26.2 Å². The second-order valence-electron chi connectivity index (χ2n) is 6.60. The fraction of sp³-hybridized carbons (Fsp3) is 0.350. The summed E-state index contributed by atoms with van der Waals surface area (Å²) in [4.78, 5) is 17.2. The Morgan fingerprint density at radius 1 is 1.08 bits per heavy atom. The Bertz CT molecular complexity index is 788. The molecule has 2 aromatic rings. The summed E-state index contributed by atoms with van der Waals surface area (Å²) < 4.78 is 0. The van der Waals surface area contributed by atoms with Gasteiger partial charge in [0.1, 0.15) is 0 Å². The number of hydrogen-bond acceptors (Lipinski definition) is 3. The van der Waals surface area contributed by atoms with E-state index in [9.17, 15) is 4.79 Å². The molecule has 1 heterocycles. The summed E-state index contributed by atoms with van der Waals surface area (Å²) in [7, 11) is 0. The first kappa shape index (κ1) is 19.0. The molecule has 2 aromatic carbocycles. The number of rotatable bonds is 4. The number of anilines is 2. The summed E-state index contributed by atoms with van der Waals surface area (Å²) in [5, 5.41) is 3.92. The topological polar surface area (TPSA) is 35.6 Å². The van der Waals surface area contributed by atoms with Crippen LogP contribution in [0.1, 0.15) is 12.5 Å². The van der Waals surface area contributed by atoms with Gasteiger partial charge in [-0.25, -0.2) is 0 Å². The lowest BCUT2D eigenvalue weighted by Gasteiger charge is -2.39. The second-order valence-corrected chi connectivity index (χ2v) is 7.44. The molecular formula is C20H23Cl2N3O. The molecule has 0 unspecified atom stereocenters. The van der Waals surface area contributed by atoms with E-state index >= 15 is 0 Å². The number of nitrogens with one attached hydrogen (secondary N) is 1. The fourth-order valence-electron chi connectivity index (χ4n) is 3.26. The van der Waals surface area contributed by atoms with E-state index < -0.39 is 0 Å². The van der Waals surface area contributed by atoms with E-state index in [1.54, 1.807) is 18.2 Å².